The molecule has 0 spiro atoms. The van der Waals surface area contributed by atoms with E-state index in [2.05, 4.69) is 42.2 Å². The van der Waals surface area contributed by atoms with E-state index in [-0.39, 0.29) is 23.8 Å². The molecule has 0 N–H and O–H groups in total. The molecular weight excluding hydrogens is 322 g/mol. The number of methoxy groups -OCH3 is 1. The first-order chi connectivity index (χ1) is 11.7. The molecule has 3 nitrogen and oxygen atoms in total. The van der Waals surface area contributed by atoms with Gasteiger partial charge in [-0.1, -0.05) is 42.0 Å². The van der Waals surface area contributed by atoms with Gasteiger partial charge in [0.05, 0.1) is 13.0 Å². The Bertz CT molecular complexity index is 598. The molecular formula is C20H26ClNO2. The second-order valence-electron chi connectivity index (χ2n) is 6.92. The van der Waals surface area contributed by atoms with Gasteiger partial charge in [-0.05, 0) is 31.7 Å². The van der Waals surface area contributed by atoms with Crippen LogP contribution in [0.3, 0.4) is 0 Å². The van der Waals surface area contributed by atoms with E-state index in [4.69, 9.17) is 16.3 Å². The second-order valence-corrected chi connectivity index (χ2v) is 7.23. The summed E-state index contributed by atoms with van der Waals surface area (Å²) in [6, 6.07) is 9.45. The highest BCUT2D eigenvalue weighted by Gasteiger charge is 2.50. The summed E-state index contributed by atoms with van der Waals surface area (Å²) in [4.78, 5) is 15.1. The van der Waals surface area contributed by atoms with E-state index in [9.17, 15) is 4.79 Å². The highest BCUT2D eigenvalue weighted by atomic mass is 35.5. The maximum atomic E-state index is 12.6. The molecule has 3 rings (SSSR count). The summed E-state index contributed by atoms with van der Waals surface area (Å²) in [5, 5.41) is 0. The van der Waals surface area contributed by atoms with Crippen LogP contribution in [0.2, 0.25) is 0 Å². The van der Waals surface area contributed by atoms with E-state index in [1.54, 1.807) is 0 Å². The Hall–Kier alpha value is -1.32. The molecule has 1 aromatic rings. The molecule has 130 valence electrons. The van der Waals surface area contributed by atoms with Crippen molar-refractivity contribution in [2.24, 2.45) is 5.92 Å². The summed E-state index contributed by atoms with van der Waals surface area (Å²) in [5.41, 5.74) is 2.52. The van der Waals surface area contributed by atoms with Gasteiger partial charge >= 0.3 is 5.97 Å². The van der Waals surface area contributed by atoms with E-state index in [0.29, 0.717) is 11.9 Å². The average Bonchev–Trinajstić information content (AvgIpc) is 2.87. The zero-order valence-electron chi connectivity index (χ0n) is 14.5. The van der Waals surface area contributed by atoms with E-state index >= 15 is 0 Å². The fourth-order valence-corrected chi connectivity index (χ4v) is 4.60. The normalized spacial score (nSPS) is 30.0. The van der Waals surface area contributed by atoms with Gasteiger partial charge in [-0.25, -0.2) is 0 Å². The van der Waals surface area contributed by atoms with Gasteiger partial charge in [-0.15, -0.1) is 11.6 Å². The number of ether oxygens (including phenoxy) is 1. The number of rotatable bonds is 5. The van der Waals surface area contributed by atoms with E-state index in [1.165, 1.54) is 18.2 Å². The number of esters is 1. The molecule has 2 fully saturated rings. The Morgan fingerprint density at radius 1 is 1.29 bits per heavy atom. The molecule has 3 unspecified atom stereocenters. The molecule has 0 radical (unpaired) electrons. The fraction of sp³-hybridized carbons (Fsp3) is 0.550. The topological polar surface area (TPSA) is 29.5 Å². The fourth-order valence-electron chi connectivity index (χ4n) is 4.47. The zero-order valence-corrected chi connectivity index (χ0v) is 15.2. The monoisotopic (exact) mass is 347 g/mol. The molecule has 2 bridgehead atoms. The van der Waals surface area contributed by atoms with Crippen molar-refractivity contribution in [3.8, 4) is 0 Å². The number of piperidine rings is 1. The van der Waals surface area contributed by atoms with Crippen LogP contribution in [0.4, 0.5) is 0 Å². The van der Waals surface area contributed by atoms with Crippen molar-refractivity contribution in [3.63, 3.8) is 0 Å². The van der Waals surface area contributed by atoms with Crippen LogP contribution < -0.4 is 0 Å². The summed E-state index contributed by atoms with van der Waals surface area (Å²) < 4.78 is 5.19. The number of benzene rings is 1. The summed E-state index contributed by atoms with van der Waals surface area (Å²) >= 11 is 5.75. The van der Waals surface area contributed by atoms with E-state index in [0.717, 1.165) is 25.8 Å². The lowest BCUT2D eigenvalue weighted by Crippen LogP contribution is -2.50. The van der Waals surface area contributed by atoms with Crippen LogP contribution in [0.5, 0.6) is 0 Å². The van der Waals surface area contributed by atoms with Gasteiger partial charge in [0.2, 0.25) is 0 Å². The molecule has 2 heterocycles. The Morgan fingerprint density at radius 3 is 2.71 bits per heavy atom. The lowest BCUT2D eigenvalue weighted by atomic mass is 9.76. The third kappa shape index (κ3) is 3.38. The van der Waals surface area contributed by atoms with Crippen molar-refractivity contribution in [3.05, 3.63) is 47.5 Å². The number of carbonyl (C=O) groups excluding carboxylic acids is 1. The van der Waals surface area contributed by atoms with Crippen LogP contribution in [0, 0.1) is 12.8 Å². The number of carbonyl (C=O) groups is 1. The predicted octanol–water partition coefficient (Wildman–Crippen LogP) is 3.90. The van der Waals surface area contributed by atoms with Gasteiger partial charge in [0.15, 0.2) is 0 Å². The molecule has 4 atom stereocenters. The van der Waals surface area contributed by atoms with Gasteiger partial charge in [0, 0.05) is 30.4 Å². The number of halogens is 1. The van der Waals surface area contributed by atoms with Crippen LogP contribution in [0.15, 0.2) is 36.4 Å². The first kappa shape index (κ1) is 17.5. The van der Waals surface area contributed by atoms with Crippen LogP contribution in [0.25, 0.3) is 0 Å². The number of hydrogen-bond donors (Lipinski definition) is 0. The molecule has 4 heteroatoms. The standard InChI is InChI=1S/C20H26ClNO2/c1-14-5-7-15(8-6-14)17-13-16-9-10-18(19(17)20(23)24-2)22(16)12-4-3-11-21/h3-8,16-19H,9-13H2,1-2H3/b4-3+/t16?,17-,18?,19?/m1/s1. The van der Waals surface area contributed by atoms with Gasteiger partial charge in [-0.3, -0.25) is 9.69 Å². The Morgan fingerprint density at radius 2 is 2.04 bits per heavy atom. The maximum absolute atomic E-state index is 12.6. The van der Waals surface area contributed by atoms with Crippen molar-refractivity contribution in [2.75, 3.05) is 19.5 Å². The Labute approximate surface area is 149 Å². The highest BCUT2D eigenvalue weighted by molar-refractivity contribution is 6.18. The first-order valence-electron chi connectivity index (χ1n) is 8.76. The number of nitrogens with zero attached hydrogens (tertiary/aromatic N) is 1. The van der Waals surface area contributed by atoms with Gasteiger partial charge < -0.3 is 4.74 Å². The number of fused-ring (bicyclic) bond motifs is 2. The minimum atomic E-state index is -0.0825. The van der Waals surface area contributed by atoms with E-state index in [1.807, 2.05) is 6.08 Å². The Kier molecular flexibility index (Phi) is 5.62. The largest absolute Gasteiger partial charge is 0.469 e. The molecule has 2 saturated heterocycles. The second kappa shape index (κ2) is 7.71. The third-order valence-electron chi connectivity index (χ3n) is 5.62. The smallest absolute Gasteiger partial charge is 0.310 e. The molecule has 2 aliphatic rings. The number of alkyl halides is 1. The zero-order chi connectivity index (χ0) is 17.1. The van der Waals surface area contributed by atoms with Gasteiger partial charge in [-0.2, -0.15) is 0 Å². The molecule has 0 saturated carbocycles. The molecule has 24 heavy (non-hydrogen) atoms. The lowest BCUT2D eigenvalue weighted by Gasteiger charge is -2.43. The minimum absolute atomic E-state index is 0.0720. The Balaban J connectivity index is 1.87. The third-order valence-corrected chi connectivity index (χ3v) is 5.79. The molecule has 2 aliphatic heterocycles. The predicted molar refractivity (Wildman–Crippen MR) is 97.4 cm³/mol. The van der Waals surface area contributed by atoms with Crippen molar-refractivity contribution >= 4 is 17.6 Å². The van der Waals surface area contributed by atoms with Crippen LogP contribution in [-0.4, -0.2) is 42.5 Å². The van der Waals surface area contributed by atoms with Crippen molar-refractivity contribution in [1.82, 2.24) is 4.90 Å². The van der Waals surface area contributed by atoms with Crippen LogP contribution in [-0.2, 0) is 9.53 Å². The van der Waals surface area contributed by atoms with Gasteiger partial charge in [0.25, 0.3) is 0 Å². The minimum Gasteiger partial charge on any atom is -0.469 e. The average molecular weight is 348 g/mol. The highest BCUT2D eigenvalue weighted by Crippen LogP contribution is 2.47. The summed E-state index contributed by atoms with van der Waals surface area (Å²) in [5.74, 6) is 0.636. The SMILES string of the molecule is COC(=O)C1C2CCC(C[C@@H]1c1ccc(C)cc1)N2C/C=C/CCl. The van der Waals surface area contributed by atoms with Crippen molar-refractivity contribution in [1.29, 1.82) is 0 Å². The van der Waals surface area contributed by atoms with Crippen LogP contribution in [0.1, 0.15) is 36.3 Å². The number of hydrogen-bond acceptors (Lipinski definition) is 3. The molecule has 0 amide bonds. The quantitative estimate of drug-likeness (QED) is 0.459. The first-order valence-corrected chi connectivity index (χ1v) is 9.30. The summed E-state index contributed by atoms with van der Waals surface area (Å²) in [7, 11) is 1.51. The maximum Gasteiger partial charge on any atom is 0.310 e. The lowest BCUT2D eigenvalue weighted by molar-refractivity contribution is -0.150. The van der Waals surface area contributed by atoms with Crippen molar-refractivity contribution < 1.29 is 9.53 Å². The van der Waals surface area contributed by atoms with Crippen molar-refractivity contribution in [2.45, 2.75) is 44.2 Å². The van der Waals surface area contributed by atoms with E-state index < -0.39 is 0 Å². The molecule has 0 aliphatic carbocycles. The van der Waals surface area contributed by atoms with Crippen LogP contribution >= 0.6 is 11.6 Å². The molecule has 1 aromatic carbocycles. The van der Waals surface area contributed by atoms with Gasteiger partial charge in [0.1, 0.15) is 0 Å². The summed E-state index contributed by atoms with van der Waals surface area (Å²) in [6.45, 7) is 2.97. The summed E-state index contributed by atoms with van der Waals surface area (Å²) in [6.07, 6.45) is 7.36. The molecule has 0 aromatic heterocycles. The number of aryl methyl sites for hydroxylation is 1. The number of allylic oxidation sites excluding steroid dienone is 1.